The van der Waals surface area contributed by atoms with Gasteiger partial charge < -0.3 is 15.3 Å². The molecule has 22 heavy (non-hydrogen) atoms. The molecule has 2 amide bonds. The van der Waals surface area contributed by atoms with Crippen LogP contribution < -0.4 is 5.32 Å². The van der Waals surface area contributed by atoms with Crippen LogP contribution in [0.15, 0.2) is 18.2 Å². The molecule has 2 rings (SSSR count). The van der Waals surface area contributed by atoms with Gasteiger partial charge in [-0.3, -0.25) is 9.59 Å². The van der Waals surface area contributed by atoms with Gasteiger partial charge in [0, 0.05) is 30.8 Å². The Morgan fingerprint density at radius 1 is 1.32 bits per heavy atom. The zero-order valence-electron chi connectivity index (χ0n) is 12.2. The fourth-order valence-corrected chi connectivity index (χ4v) is 2.54. The van der Waals surface area contributed by atoms with Gasteiger partial charge in [0.05, 0.1) is 6.10 Å². The predicted molar refractivity (Wildman–Crippen MR) is 76.0 cm³/mol. The van der Waals surface area contributed by atoms with Crippen LogP contribution in [-0.4, -0.2) is 41.0 Å². The van der Waals surface area contributed by atoms with E-state index < -0.39 is 29.6 Å². The molecule has 1 aliphatic rings. The summed E-state index contributed by atoms with van der Waals surface area (Å²) in [5, 5.41) is 11.8. The molecule has 0 aromatic heterocycles. The van der Waals surface area contributed by atoms with Crippen LogP contribution in [0.1, 0.15) is 19.8 Å². The van der Waals surface area contributed by atoms with E-state index >= 15 is 0 Å². The summed E-state index contributed by atoms with van der Waals surface area (Å²) in [6.45, 7) is 2.36. The van der Waals surface area contributed by atoms with E-state index in [0.29, 0.717) is 25.6 Å². The third-order valence-corrected chi connectivity index (χ3v) is 3.74. The highest BCUT2D eigenvalue weighted by Gasteiger charge is 2.29. The van der Waals surface area contributed by atoms with Gasteiger partial charge in [-0.1, -0.05) is 0 Å². The Morgan fingerprint density at radius 2 is 1.95 bits per heavy atom. The van der Waals surface area contributed by atoms with Crippen molar-refractivity contribution >= 4 is 17.5 Å². The van der Waals surface area contributed by atoms with Gasteiger partial charge in [0.2, 0.25) is 0 Å². The zero-order valence-corrected chi connectivity index (χ0v) is 12.2. The lowest BCUT2D eigenvalue weighted by Gasteiger charge is -2.33. The van der Waals surface area contributed by atoms with Crippen molar-refractivity contribution < 1.29 is 23.5 Å². The monoisotopic (exact) mass is 312 g/mol. The summed E-state index contributed by atoms with van der Waals surface area (Å²) in [5.74, 6) is -3.46. The average Bonchev–Trinajstić information content (AvgIpc) is 2.45. The molecule has 0 spiro atoms. The molecule has 0 radical (unpaired) electrons. The van der Waals surface area contributed by atoms with Crippen molar-refractivity contribution in [2.75, 3.05) is 18.4 Å². The highest BCUT2D eigenvalue weighted by Crippen LogP contribution is 2.20. The highest BCUT2D eigenvalue weighted by atomic mass is 19.1. The summed E-state index contributed by atoms with van der Waals surface area (Å²) in [7, 11) is 0. The second-order valence-corrected chi connectivity index (χ2v) is 5.51. The van der Waals surface area contributed by atoms with Crippen molar-refractivity contribution in [2.45, 2.75) is 25.9 Å². The zero-order chi connectivity index (χ0) is 16.3. The van der Waals surface area contributed by atoms with Gasteiger partial charge in [-0.25, -0.2) is 8.78 Å². The molecule has 0 saturated carbocycles. The maximum absolute atomic E-state index is 13.1. The number of benzene rings is 1. The van der Waals surface area contributed by atoms with Crippen LogP contribution >= 0.6 is 0 Å². The second kappa shape index (κ2) is 6.83. The summed E-state index contributed by atoms with van der Waals surface area (Å²) in [6, 6.07) is 2.54. The number of carbonyl (C=O) groups excluding carboxylic acids is 2. The lowest BCUT2D eigenvalue weighted by molar-refractivity contribution is -0.144. The minimum atomic E-state index is -0.948. The third-order valence-electron chi connectivity index (χ3n) is 3.74. The number of anilines is 1. The number of likely N-dealkylation sites (tertiary alicyclic amines) is 1. The van der Waals surface area contributed by atoms with E-state index in [1.165, 1.54) is 4.90 Å². The molecule has 2 N–H and O–H groups in total. The van der Waals surface area contributed by atoms with Crippen LogP contribution in [-0.2, 0) is 9.59 Å². The quantitative estimate of drug-likeness (QED) is 0.814. The van der Waals surface area contributed by atoms with E-state index in [2.05, 4.69) is 5.32 Å². The van der Waals surface area contributed by atoms with Gasteiger partial charge in [-0.2, -0.15) is 0 Å². The number of rotatable bonds is 2. The Morgan fingerprint density at radius 3 is 2.55 bits per heavy atom. The molecule has 5 nitrogen and oxygen atoms in total. The van der Waals surface area contributed by atoms with Gasteiger partial charge in [0.1, 0.15) is 11.6 Å². The van der Waals surface area contributed by atoms with E-state index in [1.54, 1.807) is 6.92 Å². The number of amides is 2. The first-order valence-corrected chi connectivity index (χ1v) is 7.11. The Labute approximate surface area is 126 Å². The van der Waals surface area contributed by atoms with Gasteiger partial charge >= 0.3 is 11.8 Å². The van der Waals surface area contributed by atoms with E-state index in [-0.39, 0.29) is 11.6 Å². The Kier molecular flexibility index (Phi) is 5.07. The summed E-state index contributed by atoms with van der Waals surface area (Å²) in [6.07, 6.45) is 0.928. The maximum Gasteiger partial charge on any atom is 0.313 e. The van der Waals surface area contributed by atoms with Crippen LogP contribution in [0, 0.1) is 17.6 Å². The summed E-state index contributed by atoms with van der Waals surface area (Å²) in [4.78, 5) is 25.3. The Balaban J connectivity index is 2.01. The smallest absolute Gasteiger partial charge is 0.313 e. The molecular weight excluding hydrogens is 294 g/mol. The van der Waals surface area contributed by atoms with Gasteiger partial charge in [-0.05, 0) is 31.9 Å². The van der Waals surface area contributed by atoms with Gasteiger partial charge in [-0.15, -0.1) is 0 Å². The number of nitrogens with one attached hydrogen (secondary N) is 1. The molecule has 1 aromatic carbocycles. The van der Waals surface area contributed by atoms with E-state index in [9.17, 15) is 23.5 Å². The maximum atomic E-state index is 13.1. The van der Waals surface area contributed by atoms with Crippen molar-refractivity contribution in [1.29, 1.82) is 0 Å². The van der Waals surface area contributed by atoms with E-state index in [1.807, 2.05) is 0 Å². The second-order valence-electron chi connectivity index (χ2n) is 5.51. The lowest BCUT2D eigenvalue weighted by Crippen LogP contribution is -2.47. The van der Waals surface area contributed by atoms with E-state index in [4.69, 9.17) is 0 Å². The number of piperidine rings is 1. The van der Waals surface area contributed by atoms with Crippen molar-refractivity contribution in [1.82, 2.24) is 4.90 Å². The third kappa shape index (κ3) is 4.00. The number of hydrogen-bond acceptors (Lipinski definition) is 3. The average molecular weight is 312 g/mol. The molecule has 120 valence electrons. The van der Waals surface area contributed by atoms with Crippen molar-refractivity contribution in [3.05, 3.63) is 29.8 Å². The van der Waals surface area contributed by atoms with Crippen LogP contribution in [0.2, 0.25) is 0 Å². The standard InChI is InChI=1S/C15H18F2N2O3/c1-9(20)10-3-2-4-19(8-10)15(22)14(21)18-13-6-11(16)5-12(17)7-13/h5-7,9-10,20H,2-4,8H2,1H3,(H,18,21). The van der Waals surface area contributed by atoms with Gasteiger partial charge in [0.25, 0.3) is 0 Å². The van der Waals surface area contributed by atoms with Crippen LogP contribution in [0.5, 0.6) is 0 Å². The highest BCUT2D eigenvalue weighted by molar-refractivity contribution is 6.39. The SMILES string of the molecule is CC(O)C1CCCN(C(=O)C(=O)Nc2cc(F)cc(F)c2)C1. The molecule has 1 saturated heterocycles. The van der Waals surface area contributed by atoms with Crippen molar-refractivity contribution in [3.63, 3.8) is 0 Å². The van der Waals surface area contributed by atoms with Crippen molar-refractivity contribution in [3.8, 4) is 0 Å². The summed E-state index contributed by atoms with van der Waals surface area (Å²) in [5.41, 5.74) is -0.111. The first kappa shape index (κ1) is 16.4. The molecule has 2 atom stereocenters. The van der Waals surface area contributed by atoms with E-state index in [0.717, 1.165) is 18.6 Å². The number of aliphatic hydroxyl groups is 1. The first-order valence-electron chi connectivity index (χ1n) is 7.11. The summed E-state index contributed by atoms with van der Waals surface area (Å²) < 4.78 is 26.1. The molecular formula is C15H18F2N2O3. The molecule has 1 aliphatic heterocycles. The molecule has 7 heteroatoms. The molecule has 1 fully saturated rings. The fourth-order valence-electron chi connectivity index (χ4n) is 2.54. The van der Waals surface area contributed by atoms with Gasteiger partial charge in [0.15, 0.2) is 0 Å². The Bertz CT molecular complexity index is 558. The molecule has 0 aliphatic carbocycles. The number of nitrogens with zero attached hydrogens (tertiary/aromatic N) is 1. The number of halogens is 2. The summed E-state index contributed by atoms with van der Waals surface area (Å²) >= 11 is 0. The predicted octanol–water partition coefficient (Wildman–Crippen LogP) is 1.52. The van der Waals surface area contributed by atoms with Crippen LogP contribution in [0.4, 0.5) is 14.5 Å². The molecule has 2 unspecified atom stereocenters. The normalized spacial score (nSPS) is 19.6. The topological polar surface area (TPSA) is 69.6 Å². The number of hydrogen-bond donors (Lipinski definition) is 2. The number of carbonyl (C=O) groups is 2. The Hall–Kier alpha value is -2.02. The molecule has 0 bridgehead atoms. The first-order chi connectivity index (χ1) is 10.4. The fraction of sp³-hybridized carbons (Fsp3) is 0.467. The number of aliphatic hydroxyl groups excluding tert-OH is 1. The molecule has 1 heterocycles. The minimum Gasteiger partial charge on any atom is -0.393 e. The lowest BCUT2D eigenvalue weighted by atomic mass is 9.93. The van der Waals surface area contributed by atoms with Crippen LogP contribution in [0.25, 0.3) is 0 Å². The largest absolute Gasteiger partial charge is 0.393 e. The molecule has 1 aromatic rings. The van der Waals surface area contributed by atoms with Crippen molar-refractivity contribution in [2.24, 2.45) is 5.92 Å². The minimum absolute atomic E-state index is 0.0721. The van der Waals surface area contributed by atoms with Crippen LogP contribution in [0.3, 0.4) is 0 Å².